The molecule has 0 saturated heterocycles. The van der Waals surface area contributed by atoms with E-state index in [1.807, 2.05) is 5.32 Å². The first kappa shape index (κ1) is 27.7. The molecule has 0 aliphatic carbocycles. The number of aromatic carboxylic acids is 1. The summed E-state index contributed by atoms with van der Waals surface area (Å²) in [5.74, 6) is -3.15. The number of carbonyl (C=O) groups is 3. The predicted molar refractivity (Wildman–Crippen MR) is 106 cm³/mol. The van der Waals surface area contributed by atoms with Gasteiger partial charge in [0.05, 0.1) is 22.8 Å². The summed E-state index contributed by atoms with van der Waals surface area (Å²) < 4.78 is 78.3. The van der Waals surface area contributed by atoms with Gasteiger partial charge in [0.1, 0.15) is 6.29 Å². The number of carbonyl (C=O) groups excluding carboxylic acids is 3. The number of carboxylic acids is 1. The van der Waals surface area contributed by atoms with E-state index in [0.29, 0.717) is 23.0 Å². The standard InChI is InChI=1S/C23H13F6NO4.Li/c24-22(25,26)16-7-15(8-17(10-16)23(27,28)29)20(32)30-19-5-4-14(9-18(19)21(33)34)13-3-1-2-12(6-13)11-31;/h1-11H,(H,30,32)(H,33,34);/q;+1/p-1. The Labute approximate surface area is 205 Å². The van der Waals surface area contributed by atoms with E-state index in [9.17, 15) is 45.8 Å². The molecule has 0 aliphatic rings. The Morgan fingerprint density at radius 3 is 1.89 bits per heavy atom. The van der Waals surface area contributed by atoms with Crippen molar-refractivity contribution in [1.29, 1.82) is 0 Å². The van der Waals surface area contributed by atoms with Gasteiger partial charge in [-0.2, -0.15) is 26.3 Å². The van der Waals surface area contributed by atoms with Crippen LogP contribution in [-0.4, -0.2) is 18.2 Å². The minimum absolute atomic E-state index is 0. The number of anilines is 1. The first-order chi connectivity index (χ1) is 15.8. The van der Waals surface area contributed by atoms with Crippen molar-refractivity contribution in [3.8, 4) is 11.1 Å². The summed E-state index contributed by atoms with van der Waals surface area (Å²) in [5.41, 5.74) is -4.31. The number of benzene rings is 3. The Bertz CT molecular complexity index is 1260. The van der Waals surface area contributed by atoms with Crippen molar-refractivity contribution in [2.45, 2.75) is 12.4 Å². The average Bonchev–Trinajstić information content (AvgIpc) is 2.77. The third-order valence-corrected chi connectivity index (χ3v) is 4.69. The summed E-state index contributed by atoms with van der Waals surface area (Å²) in [6.07, 6.45) is -9.75. The van der Waals surface area contributed by atoms with Crippen molar-refractivity contribution in [3.63, 3.8) is 0 Å². The van der Waals surface area contributed by atoms with Crippen LogP contribution >= 0.6 is 0 Å². The zero-order valence-corrected chi connectivity index (χ0v) is 17.8. The van der Waals surface area contributed by atoms with Gasteiger partial charge in [0.15, 0.2) is 0 Å². The number of amides is 1. The van der Waals surface area contributed by atoms with Gasteiger partial charge in [-0.05, 0) is 47.5 Å². The molecular weight excluding hydrogens is 475 g/mol. The van der Waals surface area contributed by atoms with E-state index < -0.39 is 52.2 Å². The van der Waals surface area contributed by atoms with Crippen molar-refractivity contribution in [3.05, 3.63) is 88.5 Å². The maximum Gasteiger partial charge on any atom is 1.00 e. The van der Waals surface area contributed by atoms with Crippen molar-refractivity contribution in [2.75, 3.05) is 5.32 Å². The van der Waals surface area contributed by atoms with Gasteiger partial charge in [-0.25, -0.2) is 0 Å². The second-order valence-corrected chi connectivity index (χ2v) is 7.04. The molecule has 0 heterocycles. The van der Waals surface area contributed by atoms with E-state index in [1.54, 1.807) is 12.1 Å². The van der Waals surface area contributed by atoms with Crippen LogP contribution in [0.4, 0.5) is 32.0 Å². The molecule has 12 heteroatoms. The van der Waals surface area contributed by atoms with Gasteiger partial charge in [0, 0.05) is 16.7 Å². The van der Waals surface area contributed by atoms with Crippen LogP contribution in [0.2, 0.25) is 0 Å². The minimum Gasteiger partial charge on any atom is -0.545 e. The number of hydrogen-bond acceptors (Lipinski definition) is 4. The molecule has 35 heavy (non-hydrogen) atoms. The van der Waals surface area contributed by atoms with Crippen LogP contribution in [0.15, 0.2) is 60.7 Å². The largest absolute Gasteiger partial charge is 1.00 e. The molecule has 176 valence electrons. The summed E-state index contributed by atoms with van der Waals surface area (Å²) in [7, 11) is 0. The predicted octanol–water partition coefficient (Wildman–Crippen LogP) is 1.82. The molecule has 0 radical (unpaired) electrons. The van der Waals surface area contributed by atoms with Gasteiger partial charge in [0.25, 0.3) is 5.91 Å². The van der Waals surface area contributed by atoms with Gasteiger partial charge >= 0.3 is 31.2 Å². The molecule has 0 bridgehead atoms. The fourth-order valence-corrected chi connectivity index (χ4v) is 3.07. The van der Waals surface area contributed by atoms with E-state index in [4.69, 9.17) is 0 Å². The zero-order chi connectivity index (χ0) is 25.3. The van der Waals surface area contributed by atoms with Crippen LogP contribution in [0.25, 0.3) is 11.1 Å². The van der Waals surface area contributed by atoms with Gasteiger partial charge in [-0.15, -0.1) is 0 Å². The third kappa shape index (κ3) is 6.53. The van der Waals surface area contributed by atoms with Crippen LogP contribution in [0.1, 0.15) is 42.2 Å². The van der Waals surface area contributed by atoms with Crippen LogP contribution in [0, 0.1) is 0 Å². The minimum atomic E-state index is -5.16. The van der Waals surface area contributed by atoms with E-state index in [-0.39, 0.29) is 37.1 Å². The second kappa shape index (κ2) is 10.4. The van der Waals surface area contributed by atoms with E-state index in [0.717, 1.165) is 12.1 Å². The van der Waals surface area contributed by atoms with Crippen molar-refractivity contribution >= 4 is 23.9 Å². The molecule has 1 amide bonds. The Balaban J connectivity index is 0.00000432. The number of nitrogens with one attached hydrogen (secondary N) is 1. The van der Waals surface area contributed by atoms with Crippen LogP contribution in [0.5, 0.6) is 0 Å². The number of carboxylic acid groups (broad SMARTS) is 1. The quantitative estimate of drug-likeness (QED) is 0.338. The molecule has 1 N–H and O–H groups in total. The topological polar surface area (TPSA) is 86.3 Å². The second-order valence-electron chi connectivity index (χ2n) is 7.04. The zero-order valence-electron chi connectivity index (χ0n) is 17.8. The average molecular weight is 487 g/mol. The van der Waals surface area contributed by atoms with Crippen molar-refractivity contribution in [2.24, 2.45) is 0 Å². The van der Waals surface area contributed by atoms with Crippen LogP contribution in [0.3, 0.4) is 0 Å². The van der Waals surface area contributed by atoms with E-state index >= 15 is 0 Å². The molecule has 3 aromatic carbocycles. The number of aldehydes is 1. The molecule has 5 nitrogen and oxygen atoms in total. The molecule has 0 unspecified atom stereocenters. The fraction of sp³-hybridized carbons (Fsp3) is 0.0870. The van der Waals surface area contributed by atoms with Crippen LogP contribution < -0.4 is 29.3 Å². The van der Waals surface area contributed by atoms with Crippen LogP contribution in [-0.2, 0) is 12.4 Å². The molecule has 0 aromatic heterocycles. The van der Waals surface area contributed by atoms with E-state index in [1.165, 1.54) is 18.2 Å². The Morgan fingerprint density at radius 1 is 0.800 bits per heavy atom. The maximum absolute atomic E-state index is 13.0. The van der Waals surface area contributed by atoms with Crippen molar-refractivity contribution in [1.82, 2.24) is 0 Å². The molecule has 0 saturated carbocycles. The summed E-state index contributed by atoms with van der Waals surface area (Å²) in [5, 5.41) is 13.6. The molecule has 0 spiro atoms. The van der Waals surface area contributed by atoms with Gasteiger partial charge in [-0.1, -0.05) is 24.3 Å². The molecule has 0 atom stereocenters. The first-order valence-electron chi connectivity index (χ1n) is 9.31. The summed E-state index contributed by atoms with van der Waals surface area (Å²) in [4.78, 5) is 35.0. The molecule has 0 fully saturated rings. The summed E-state index contributed by atoms with van der Waals surface area (Å²) in [6, 6.07) is 9.93. The fourth-order valence-electron chi connectivity index (χ4n) is 3.07. The monoisotopic (exact) mass is 487 g/mol. The molecule has 3 rings (SSSR count). The number of hydrogen-bond donors (Lipinski definition) is 1. The van der Waals surface area contributed by atoms with E-state index in [2.05, 4.69) is 0 Å². The number of alkyl halides is 6. The first-order valence-corrected chi connectivity index (χ1v) is 9.31. The Morgan fingerprint density at radius 2 is 1.37 bits per heavy atom. The maximum atomic E-state index is 13.0. The number of halogens is 6. The van der Waals surface area contributed by atoms with Gasteiger partial charge in [0.2, 0.25) is 0 Å². The molecule has 3 aromatic rings. The number of rotatable bonds is 5. The Hall–Kier alpha value is -3.55. The third-order valence-electron chi connectivity index (χ3n) is 4.69. The Kier molecular flexibility index (Phi) is 8.21. The normalized spacial score (nSPS) is 11.4. The summed E-state index contributed by atoms with van der Waals surface area (Å²) in [6.45, 7) is 0. The molecule has 0 aliphatic heterocycles. The molecular formula is C23H12F6LiNO4. The van der Waals surface area contributed by atoms with Crippen molar-refractivity contribution < 1.29 is 64.7 Å². The summed E-state index contributed by atoms with van der Waals surface area (Å²) >= 11 is 0. The smallest absolute Gasteiger partial charge is 0.545 e. The van der Waals surface area contributed by atoms with Gasteiger partial charge < -0.3 is 15.2 Å². The SMILES string of the molecule is O=Cc1cccc(-c2ccc(NC(=O)c3cc(C(F)(F)F)cc(C(F)(F)F)c3)c(C(=O)[O-])c2)c1.[Li+]. The van der Waals surface area contributed by atoms with Gasteiger partial charge in [-0.3, -0.25) is 9.59 Å².